The van der Waals surface area contributed by atoms with E-state index in [0.29, 0.717) is 35.7 Å². The molecule has 1 saturated heterocycles. The van der Waals surface area contributed by atoms with Crippen LogP contribution in [-0.2, 0) is 14.6 Å². The first-order valence-electron chi connectivity index (χ1n) is 9.66. The molecule has 1 amide bonds. The first kappa shape index (κ1) is 20.5. The summed E-state index contributed by atoms with van der Waals surface area (Å²) < 4.78 is 26.4. The van der Waals surface area contributed by atoms with Crippen LogP contribution in [0.1, 0.15) is 13.3 Å². The number of rotatable bonds is 5. The maximum atomic E-state index is 12.9. The summed E-state index contributed by atoms with van der Waals surface area (Å²) in [6.07, 6.45) is 1.63. The number of sulfone groups is 1. The quantitative estimate of drug-likeness (QED) is 0.641. The lowest BCUT2D eigenvalue weighted by atomic mass is 10.1. The highest BCUT2D eigenvalue weighted by molar-refractivity contribution is 7.91. The third-order valence-corrected chi connectivity index (χ3v) is 8.07. The Morgan fingerprint density at radius 3 is 2.87 bits per heavy atom. The average Bonchev–Trinajstić information content (AvgIpc) is 3.21. The maximum Gasteiger partial charge on any atom is 0.223 e. The Hall–Kier alpha value is -2.72. The molecule has 2 aromatic heterocycles. The number of carbonyl (C=O) groups is 1. The number of carbonyl (C=O) groups excluding carboxylic acids is 1. The van der Waals surface area contributed by atoms with Crippen molar-refractivity contribution in [1.29, 1.82) is 0 Å². The molecule has 0 bridgehead atoms. The molecule has 30 heavy (non-hydrogen) atoms. The number of nitrogens with two attached hydrogens (primary N) is 1. The van der Waals surface area contributed by atoms with Crippen molar-refractivity contribution in [3.63, 3.8) is 0 Å². The number of amides is 1. The third-order valence-electron chi connectivity index (χ3n) is 5.32. The van der Waals surface area contributed by atoms with Gasteiger partial charge < -0.3 is 15.5 Å². The van der Waals surface area contributed by atoms with Gasteiger partial charge in [0.05, 0.1) is 26.4 Å². The predicted molar refractivity (Wildman–Crippen MR) is 118 cm³/mol. The van der Waals surface area contributed by atoms with Crippen molar-refractivity contribution in [2.45, 2.75) is 24.3 Å². The highest BCUT2D eigenvalue weighted by Crippen LogP contribution is 2.27. The summed E-state index contributed by atoms with van der Waals surface area (Å²) in [4.78, 5) is 25.2. The molecule has 10 heteroatoms. The Morgan fingerprint density at radius 2 is 2.10 bits per heavy atom. The molecule has 1 atom stereocenters. The Balaban J connectivity index is 1.40. The van der Waals surface area contributed by atoms with Crippen LogP contribution in [0.25, 0.3) is 10.2 Å². The number of aromatic nitrogens is 2. The number of hydrogen-bond acceptors (Lipinski definition) is 8. The van der Waals surface area contributed by atoms with E-state index >= 15 is 0 Å². The van der Waals surface area contributed by atoms with Crippen molar-refractivity contribution in [2.75, 3.05) is 36.0 Å². The van der Waals surface area contributed by atoms with Gasteiger partial charge in [0.15, 0.2) is 9.84 Å². The number of nitrogens with zero attached hydrogens (tertiary/aromatic N) is 4. The SMILES string of the molecule is C[C@H]1CN(c2ccnc(N)c2)CCN1C(=O)CCS(=O)(=O)c1cccc2ncsc12. The van der Waals surface area contributed by atoms with Crippen LogP contribution in [0.2, 0.25) is 0 Å². The molecular formula is C20H23N5O3S2. The van der Waals surface area contributed by atoms with E-state index in [1.807, 2.05) is 19.1 Å². The monoisotopic (exact) mass is 445 g/mol. The molecule has 0 spiro atoms. The van der Waals surface area contributed by atoms with E-state index < -0.39 is 9.84 Å². The predicted octanol–water partition coefficient (Wildman–Crippen LogP) is 2.17. The minimum atomic E-state index is -3.57. The highest BCUT2D eigenvalue weighted by atomic mass is 32.2. The number of fused-ring (bicyclic) bond motifs is 1. The van der Waals surface area contributed by atoms with E-state index in [-0.39, 0.29) is 29.0 Å². The lowest BCUT2D eigenvalue weighted by molar-refractivity contribution is -0.133. The van der Waals surface area contributed by atoms with E-state index in [1.54, 1.807) is 34.8 Å². The van der Waals surface area contributed by atoms with Crippen LogP contribution in [0.4, 0.5) is 11.5 Å². The standard InChI is InChI=1S/C20H23N5O3S2/c1-14-12-24(15-5-7-22-18(21)11-15)8-9-25(14)19(26)6-10-30(27,28)17-4-2-3-16-20(17)29-13-23-16/h2-5,7,11,13-14H,6,8-10,12H2,1H3,(H2,21,22)/t14-/m0/s1. The van der Waals surface area contributed by atoms with Gasteiger partial charge >= 0.3 is 0 Å². The third kappa shape index (κ3) is 4.10. The van der Waals surface area contributed by atoms with Crippen molar-refractivity contribution >= 4 is 48.8 Å². The van der Waals surface area contributed by atoms with Gasteiger partial charge in [-0.3, -0.25) is 4.79 Å². The van der Waals surface area contributed by atoms with Crippen molar-refractivity contribution in [1.82, 2.24) is 14.9 Å². The molecule has 0 unspecified atom stereocenters. The smallest absolute Gasteiger partial charge is 0.223 e. The Bertz CT molecular complexity index is 1180. The van der Waals surface area contributed by atoms with Gasteiger partial charge in [-0.25, -0.2) is 18.4 Å². The van der Waals surface area contributed by atoms with Crippen LogP contribution in [0.3, 0.4) is 0 Å². The Labute approximate surface area is 179 Å². The fraction of sp³-hybridized carbons (Fsp3) is 0.350. The topological polar surface area (TPSA) is 109 Å². The summed E-state index contributed by atoms with van der Waals surface area (Å²) in [5.41, 5.74) is 9.04. The second-order valence-corrected chi connectivity index (χ2v) is 10.3. The molecular weight excluding hydrogens is 422 g/mol. The van der Waals surface area contributed by atoms with Crippen molar-refractivity contribution in [2.24, 2.45) is 0 Å². The fourth-order valence-electron chi connectivity index (χ4n) is 3.78. The number of hydrogen-bond donors (Lipinski definition) is 1. The minimum absolute atomic E-state index is 0.0340. The van der Waals surface area contributed by atoms with E-state index in [2.05, 4.69) is 14.9 Å². The first-order valence-corrected chi connectivity index (χ1v) is 12.2. The summed E-state index contributed by atoms with van der Waals surface area (Å²) in [6.45, 7) is 3.82. The zero-order valence-corrected chi connectivity index (χ0v) is 18.2. The number of piperazine rings is 1. The van der Waals surface area contributed by atoms with Gasteiger partial charge in [0.25, 0.3) is 0 Å². The van der Waals surface area contributed by atoms with Crippen molar-refractivity contribution in [3.05, 3.63) is 42.0 Å². The lowest BCUT2D eigenvalue weighted by Gasteiger charge is -2.41. The highest BCUT2D eigenvalue weighted by Gasteiger charge is 2.29. The zero-order chi connectivity index (χ0) is 21.3. The van der Waals surface area contributed by atoms with E-state index in [4.69, 9.17) is 5.73 Å². The molecule has 1 aromatic carbocycles. The molecule has 2 N–H and O–H groups in total. The second kappa shape index (κ2) is 8.19. The second-order valence-electron chi connectivity index (χ2n) is 7.35. The van der Waals surface area contributed by atoms with Crippen LogP contribution < -0.4 is 10.6 Å². The molecule has 3 aromatic rings. The van der Waals surface area contributed by atoms with Crippen LogP contribution in [-0.4, -0.2) is 60.6 Å². The normalized spacial score (nSPS) is 17.4. The fourth-order valence-corrected chi connectivity index (χ4v) is 6.34. The molecule has 1 aliphatic heterocycles. The van der Waals surface area contributed by atoms with Crippen LogP contribution in [0.15, 0.2) is 46.9 Å². The average molecular weight is 446 g/mol. The Morgan fingerprint density at radius 1 is 1.27 bits per heavy atom. The minimum Gasteiger partial charge on any atom is -0.384 e. The number of nitrogen functional groups attached to an aromatic ring is 1. The zero-order valence-electron chi connectivity index (χ0n) is 16.6. The molecule has 158 valence electrons. The molecule has 4 rings (SSSR count). The molecule has 1 aliphatic rings. The van der Waals surface area contributed by atoms with E-state index in [0.717, 1.165) is 5.69 Å². The summed E-state index contributed by atoms with van der Waals surface area (Å²) in [6, 6.07) is 8.73. The molecule has 0 radical (unpaired) electrons. The van der Waals surface area contributed by atoms with E-state index in [1.165, 1.54) is 11.3 Å². The Kier molecular flexibility index (Phi) is 5.61. The first-order chi connectivity index (χ1) is 14.3. The largest absolute Gasteiger partial charge is 0.384 e. The summed E-state index contributed by atoms with van der Waals surface area (Å²) >= 11 is 1.30. The lowest BCUT2D eigenvalue weighted by Crippen LogP contribution is -2.54. The molecule has 0 saturated carbocycles. The van der Waals surface area contributed by atoms with Crippen LogP contribution in [0, 0.1) is 0 Å². The molecule has 3 heterocycles. The van der Waals surface area contributed by atoms with Gasteiger partial charge in [-0.15, -0.1) is 11.3 Å². The van der Waals surface area contributed by atoms with E-state index in [9.17, 15) is 13.2 Å². The number of pyridine rings is 1. The van der Waals surface area contributed by atoms with Crippen LogP contribution >= 0.6 is 11.3 Å². The van der Waals surface area contributed by atoms with Gasteiger partial charge in [-0.05, 0) is 25.1 Å². The summed E-state index contributed by atoms with van der Waals surface area (Å²) in [5.74, 6) is 0.104. The van der Waals surface area contributed by atoms with Gasteiger partial charge in [0.2, 0.25) is 5.91 Å². The molecule has 0 aliphatic carbocycles. The van der Waals surface area contributed by atoms with Crippen molar-refractivity contribution < 1.29 is 13.2 Å². The summed E-state index contributed by atoms with van der Waals surface area (Å²) in [5, 5.41) is 0. The number of anilines is 2. The number of benzene rings is 1. The maximum absolute atomic E-state index is 12.9. The number of thiazole rings is 1. The van der Waals surface area contributed by atoms with Gasteiger partial charge in [0, 0.05) is 50.0 Å². The van der Waals surface area contributed by atoms with Crippen LogP contribution in [0.5, 0.6) is 0 Å². The van der Waals surface area contributed by atoms with Crippen molar-refractivity contribution in [3.8, 4) is 0 Å². The van der Waals surface area contributed by atoms with Gasteiger partial charge in [0.1, 0.15) is 5.82 Å². The molecule has 8 nitrogen and oxygen atoms in total. The summed E-state index contributed by atoms with van der Waals surface area (Å²) in [7, 11) is -3.57. The van der Waals surface area contributed by atoms with Gasteiger partial charge in [-0.1, -0.05) is 6.07 Å². The molecule has 1 fully saturated rings. The van der Waals surface area contributed by atoms with Gasteiger partial charge in [-0.2, -0.15) is 0 Å².